The summed E-state index contributed by atoms with van der Waals surface area (Å²) in [5, 5.41) is 4.94. The van der Waals surface area contributed by atoms with E-state index in [0.29, 0.717) is 6.04 Å². The maximum Gasteiger partial charge on any atom is 0.0623 e. The van der Waals surface area contributed by atoms with Crippen molar-refractivity contribution in [1.82, 2.24) is 4.57 Å². The molecule has 1 heterocycles. The fraction of sp³-hybridized carbons (Fsp3) is 0. The molecule has 2 heteroatoms. The molecule has 2 nitrogen and oxygen atoms in total. The van der Waals surface area contributed by atoms with E-state index in [1.165, 1.54) is 49.3 Å². The summed E-state index contributed by atoms with van der Waals surface area (Å²) in [5.74, 6) is 0. The molecule has 1 aromatic heterocycles. The standard InChI is InChI=1S/C58H40N2/c1-3-13-41(14-4-1)44-25-27-45(28-26-44)47-31-36-51(37-32-47)59(50-34-29-46(30-35-50)42-15-5-2-6-16-42)52-20-11-19-49(40-52)54-22-12-24-57-58(54)55-21-9-10-23-56(55)60(57)53-38-33-43-17-7-8-18-48(43)39-53/h1-40H/i1D. The van der Waals surface area contributed by atoms with E-state index in [2.05, 4.69) is 222 Å². The molecule has 0 saturated heterocycles. The Labute approximate surface area is 351 Å². The van der Waals surface area contributed by atoms with Crippen LogP contribution in [0.25, 0.3) is 82.8 Å². The van der Waals surface area contributed by atoms with Gasteiger partial charge in [0.2, 0.25) is 0 Å². The number of benzene rings is 10. The van der Waals surface area contributed by atoms with Crippen molar-refractivity contribution in [3.05, 3.63) is 243 Å². The van der Waals surface area contributed by atoms with Crippen molar-refractivity contribution in [1.29, 1.82) is 0 Å². The van der Waals surface area contributed by atoms with E-state index >= 15 is 0 Å². The molecule has 0 aliphatic carbocycles. The quantitative estimate of drug-likeness (QED) is 0.150. The number of fused-ring (bicyclic) bond motifs is 4. The minimum absolute atomic E-state index is 0.520. The average molecular weight is 766 g/mol. The molecule has 0 radical (unpaired) electrons. The molecule has 0 saturated carbocycles. The Bertz CT molecular complexity index is 3330. The van der Waals surface area contributed by atoms with Gasteiger partial charge in [-0.1, -0.05) is 182 Å². The third-order valence-electron chi connectivity index (χ3n) is 11.7. The lowest BCUT2D eigenvalue weighted by atomic mass is 9.98. The molecular formula is C58H40N2. The van der Waals surface area contributed by atoms with Gasteiger partial charge in [-0.2, -0.15) is 0 Å². The van der Waals surface area contributed by atoms with E-state index < -0.39 is 0 Å². The highest BCUT2D eigenvalue weighted by molar-refractivity contribution is 6.16. The molecule has 0 fully saturated rings. The van der Waals surface area contributed by atoms with Gasteiger partial charge >= 0.3 is 0 Å². The van der Waals surface area contributed by atoms with Crippen LogP contribution in [0.5, 0.6) is 0 Å². The molecule has 11 aromatic rings. The van der Waals surface area contributed by atoms with Gasteiger partial charge in [0.15, 0.2) is 0 Å². The minimum Gasteiger partial charge on any atom is -0.310 e. The van der Waals surface area contributed by atoms with E-state index in [4.69, 9.17) is 1.37 Å². The summed E-state index contributed by atoms with van der Waals surface area (Å²) in [6.07, 6.45) is 0. The molecular weight excluding hydrogens is 725 g/mol. The van der Waals surface area contributed by atoms with Crippen LogP contribution in [0.4, 0.5) is 17.1 Å². The van der Waals surface area contributed by atoms with Gasteiger partial charge < -0.3 is 9.47 Å². The van der Waals surface area contributed by atoms with Gasteiger partial charge in [-0.3, -0.25) is 0 Å². The lowest BCUT2D eigenvalue weighted by molar-refractivity contribution is 1.19. The summed E-state index contributed by atoms with van der Waals surface area (Å²) in [5.41, 5.74) is 16.1. The first-order valence-corrected chi connectivity index (χ1v) is 20.5. The maximum absolute atomic E-state index is 7.85. The van der Waals surface area contributed by atoms with Crippen molar-refractivity contribution >= 4 is 49.6 Å². The number of hydrogen-bond acceptors (Lipinski definition) is 1. The highest BCUT2D eigenvalue weighted by Crippen LogP contribution is 2.42. The van der Waals surface area contributed by atoms with Gasteiger partial charge in [0.1, 0.15) is 0 Å². The fourth-order valence-electron chi connectivity index (χ4n) is 8.78. The molecule has 0 aliphatic heterocycles. The molecule has 60 heavy (non-hydrogen) atoms. The third-order valence-corrected chi connectivity index (χ3v) is 11.7. The number of nitrogens with zero attached hydrogens (tertiary/aromatic N) is 2. The molecule has 0 N–H and O–H groups in total. The van der Waals surface area contributed by atoms with Crippen molar-refractivity contribution in [3.63, 3.8) is 0 Å². The summed E-state index contributed by atoms with van der Waals surface area (Å²) in [6.45, 7) is 0. The minimum atomic E-state index is 0.520. The van der Waals surface area contributed by atoms with Gasteiger partial charge in [-0.15, -0.1) is 0 Å². The molecule has 0 amide bonds. The zero-order chi connectivity index (χ0) is 40.7. The SMILES string of the molecule is [2H]c1ccc(-c2ccc(-c3ccc(N(c4ccc(-c5ccccc5)cc4)c4cccc(-c5cccc6c5c5ccccc5n6-c5ccc6ccccc6c5)c4)cc3)cc2)cc1. The van der Waals surface area contributed by atoms with Crippen molar-refractivity contribution in [2.75, 3.05) is 4.90 Å². The van der Waals surface area contributed by atoms with E-state index in [1.54, 1.807) is 0 Å². The smallest absolute Gasteiger partial charge is 0.0623 e. The van der Waals surface area contributed by atoms with Crippen LogP contribution in [0.15, 0.2) is 243 Å². The van der Waals surface area contributed by atoms with Crippen LogP contribution in [0.2, 0.25) is 0 Å². The highest BCUT2D eigenvalue weighted by Gasteiger charge is 2.19. The Morgan fingerprint density at radius 3 is 1.53 bits per heavy atom. The molecule has 0 bridgehead atoms. The summed E-state index contributed by atoms with van der Waals surface area (Å²) in [7, 11) is 0. The van der Waals surface area contributed by atoms with Crippen molar-refractivity contribution in [2.45, 2.75) is 0 Å². The zero-order valence-electron chi connectivity index (χ0n) is 33.9. The highest BCUT2D eigenvalue weighted by atomic mass is 15.1. The second-order valence-corrected chi connectivity index (χ2v) is 15.3. The first-order chi connectivity index (χ1) is 30.1. The number of rotatable bonds is 8. The normalized spacial score (nSPS) is 11.6. The van der Waals surface area contributed by atoms with Gasteiger partial charge in [-0.05, 0) is 116 Å². The van der Waals surface area contributed by atoms with E-state index in [0.717, 1.165) is 50.6 Å². The van der Waals surface area contributed by atoms with Crippen LogP contribution in [-0.4, -0.2) is 4.57 Å². The van der Waals surface area contributed by atoms with E-state index in [1.807, 2.05) is 24.3 Å². The first kappa shape index (κ1) is 34.1. The Balaban J connectivity index is 1.01. The number of para-hydroxylation sites is 1. The number of anilines is 3. The molecule has 0 unspecified atom stereocenters. The predicted molar refractivity (Wildman–Crippen MR) is 255 cm³/mol. The number of hydrogen-bond donors (Lipinski definition) is 0. The number of aromatic nitrogens is 1. The van der Waals surface area contributed by atoms with Gasteiger partial charge in [0.05, 0.1) is 12.4 Å². The molecule has 0 spiro atoms. The van der Waals surface area contributed by atoms with Crippen molar-refractivity contribution in [3.8, 4) is 50.2 Å². The second-order valence-electron chi connectivity index (χ2n) is 15.3. The summed E-state index contributed by atoms with van der Waals surface area (Å²) < 4.78 is 10.3. The first-order valence-electron chi connectivity index (χ1n) is 21.0. The van der Waals surface area contributed by atoms with Gasteiger partial charge in [0, 0.05) is 33.5 Å². The van der Waals surface area contributed by atoms with Gasteiger partial charge in [-0.25, -0.2) is 0 Å². The van der Waals surface area contributed by atoms with Crippen molar-refractivity contribution in [2.24, 2.45) is 0 Å². The molecule has 0 aliphatic rings. The van der Waals surface area contributed by atoms with Crippen LogP contribution in [0.1, 0.15) is 1.37 Å². The van der Waals surface area contributed by atoms with Crippen LogP contribution >= 0.6 is 0 Å². The third kappa shape index (κ3) is 6.41. The molecule has 0 atom stereocenters. The lowest BCUT2D eigenvalue weighted by Gasteiger charge is -2.26. The van der Waals surface area contributed by atoms with Crippen LogP contribution in [-0.2, 0) is 0 Å². The van der Waals surface area contributed by atoms with Crippen LogP contribution in [0.3, 0.4) is 0 Å². The van der Waals surface area contributed by atoms with Crippen molar-refractivity contribution < 1.29 is 1.37 Å². The monoisotopic (exact) mass is 765 g/mol. The molecule has 10 aromatic carbocycles. The Morgan fingerprint density at radius 1 is 0.333 bits per heavy atom. The topological polar surface area (TPSA) is 8.17 Å². The molecule has 11 rings (SSSR count). The Kier molecular flexibility index (Phi) is 8.59. The Hall–Kier alpha value is -7.94. The van der Waals surface area contributed by atoms with E-state index in [9.17, 15) is 0 Å². The van der Waals surface area contributed by atoms with E-state index in [-0.39, 0.29) is 0 Å². The largest absolute Gasteiger partial charge is 0.310 e. The fourth-order valence-corrected chi connectivity index (χ4v) is 8.78. The van der Waals surface area contributed by atoms with Crippen LogP contribution < -0.4 is 4.90 Å². The zero-order valence-corrected chi connectivity index (χ0v) is 32.9. The summed E-state index contributed by atoms with van der Waals surface area (Å²) >= 11 is 0. The summed E-state index contributed by atoms with van der Waals surface area (Å²) in [6, 6.07) is 85.1. The average Bonchev–Trinajstić information content (AvgIpc) is 3.67. The second kappa shape index (κ2) is 15.1. The van der Waals surface area contributed by atoms with Gasteiger partial charge in [0.25, 0.3) is 0 Å². The maximum atomic E-state index is 7.85. The van der Waals surface area contributed by atoms with Crippen LogP contribution in [0, 0.1) is 0 Å². The summed E-state index contributed by atoms with van der Waals surface area (Å²) in [4.78, 5) is 2.36. The predicted octanol–water partition coefficient (Wildman–Crippen LogP) is 16.1. The molecule has 282 valence electrons. The Morgan fingerprint density at radius 2 is 0.850 bits per heavy atom. The lowest BCUT2D eigenvalue weighted by Crippen LogP contribution is -2.10.